The molecule has 1 saturated carbocycles. The van der Waals surface area contributed by atoms with Crippen molar-refractivity contribution in [2.24, 2.45) is 10.9 Å². The molecule has 1 aliphatic carbocycles. The van der Waals surface area contributed by atoms with Gasteiger partial charge in [0.15, 0.2) is 5.96 Å². The van der Waals surface area contributed by atoms with Crippen LogP contribution in [-0.4, -0.2) is 51.4 Å². The van der Waals surface area contributed by atoms with E-state index in [2.05, 4.69) is 20.3 Å². The second-order valence-electron chi connectivity index (χ2n) is 6.27. The topological polar surface area (TPSA) is 103 Å². The van der Waals surface area contributed by atoms with Crippen LogP contribution >= 0.6 is 22.9 Å². The summed E-state index contributed by atoms with van der Waals surface area (Å²) in [5.74, 6) is 0.944. The molecule has 10 heteroatoms. The van der Waals surface area contributed by atoms with E-state index in [4.69, 9.17) is 11.6 Å². The van der Waals surface area contributed by atoms with Gasteiger partial charge >= 0.3 is 0 Å². The number of rotatable bonds is 10. The van der Waals surface area contributed by atoms with Crippen LogP contribution in [0.4, 0.5) is 0 Å². The molecular weight excluding hydrogens is 396 g/mol. The zero-order valence-corrected chi connectivity index (χ0v) is 17.3. The molecule has 0 aliphatic heterocycles. The molecule has 7 nitrogen and oxygen atoms in total. The lowest BCUT2D eigenvalue weighted by atomic mass is 9.86. The van der Waals surface area contributed by atoms with Gasteiger partial charge in [-0.2, -0.15) is 0 Å². The maximum absolute atomic E-state index is 12.0. The van der Waals surface area contributed by atoms with E-state index in [-0.39, 0.29) is 18.8 Å². The van der Waals surface area contributed by atoms with Crippen molar-refractivity contribution >= 4 is 38.9 Å². The third kappa shape index (κ3) is 7.40. The number of nitrogens with zero attached hydrogens (tertiary/aromatic N) is 1. The summed E-state index contributed by atoms with van der Waals surface area (Å²) in [6, 6.07) is 3.51. The van der Waals surface area contributed by atoms with E-state index in [9.17, 15) is 13.5 Å². The van der Waals surface area contributed by atoms with Crippen LogP contribution in [0, 0.1) is 5.92 Å². The van der Waals surface area contributed by atoms with E-state index >= 15 is 0 Å². The average molecular weight is 423 g/mol. The number of hydrogen-bond acceptors (Lipinski definition) is 5. The minimum absolute atomic E-state index is 0.0206. The predicted molar refractivity (Wildman–Crippen MR) is 107 cm³/mol. The van der Waals surface area contributed by atoms with Crippen molar-refractivity contribution in [3.8, 4) is 0 Å². The van der Waals surface area contributed by atoms with Gasteiger partial charge in [0.2, 0.25) is 10.0 Å². The van der Waals surface area contributed by atoms with E-state index < -0.39 is 16.1 Å². The van der Waals surface area contributed by atoms with Gasteiger partial charge in [0.05, 0.1) is 16.6 Å². The molecule has 1 aliphatic rings. The van der Waals surface area contributed by atoms with E-state index in [1.807, 2.05) is 6.92 Å². The molecule has 0 bridgehead atoms. The fourth-order valence-corrected chi connectivity index (χ4v) is 4.48. The number of halogens is 1. The quantitative estimate of drug-likeness (QED) is 0.339. The molecule has 148 valence electrons. The molecule has 4 N–H and O–H groups in total. The third-order valence-corrected chi connectivity index (χ3v) is 6.85. The largest absolute Gasteiger partial charge is 0.386 e. The van der Waals surface area contributed by atoms with Gasteiger partial charge in [0, 0.05) is 24.5 Å². The van der Waals surface area contributed by atoms with Gasteiger partial charge in [-0.25, -0.2) is 13.1 Å². The Balaban J connectivity index is 1.77. The summed E-state index contributed by atoms with van der Waals surface area (Å²) in [6.07, 6.45) is 2.67. The van der Waals surface area contributed by atoms with Gasteiger partial charge in [-0.3, -0.25) is 4.99 Å². The normalized spacial score (nSPS) is 17.0. The molecule has 0 amide bonds. The van der Waals surface area contributed by atoms with Crippen molar-refractivity contribution in [2.75, 3.05) is 31.9 Å². The van der Waals surface area contributed by atoms with Crippen LogP contribution in [0.3, 0.4) is 0 Å². The summed E-state index contributed by atoms with van der Waals surface area (Å²) in [5, 5.41) is 16.2. The highest BCUT2D eigenvalue weighted by Gasteiger charge is 2.20. The van der Waals surface area contributed by atoms with Crippen LogP contribution in [0.1, 0.15) is 37.2 Å². The Bertz CT molecular complexity index is 689. The number of hydrogen-bond donors (Lipinski definition) is 4. The second kappa shape index (κ2) is 10.5. The van der Waals surface area contributed by atoms with Crippen molar-refractivity contribution in [3.63, 3.8) is 0 Å². The van der Waals surface area contributed by atoms with Crippen molar-refractivity contribution in [1.29, 1.82) is 0 Å². The summed E-state index contributed by atoms with van der Waals surface area (Å²) in [4.78, 5) is 5.06. The van der Waals surface area contributed by atoms with Crippen LogP contribution in [0.2, 0.25) is 4.34 Å². The van der Waals surface area contributed by atoms with Gasteiger partial charge < -0.3 is 15.7 Å². The molecule has 0 aromatic carbocycles. The Labute approximate surface area is 164 Å². The van der Waals surface area contributed by atoms with Gasteiger partial charge in [0.25, 0.3) is 0 Å². The molecule has 1 atom stereocenters. The van der Waals surface area contributed by atoms with E-state index in [0.717, 1.165) is 17.7 Å². The smallest absolute Gasteiger partial charge is 0.213 e. The maximum Gasteiger partial charge on any atom is 0.213 e. The summed E-state index contributed by atoms with van der Waals surface area (Å²) in [6.45, 7) is 3.50. The van der Waals surface area contributed by atoms with Crippen molar-refractivity contribution in [2.45, 2.75) is 32.3 Å². The Morgan fingerprint density at radius 1 is 1.42 bits per heavy atom. The number of aliphatic imine (C=N–C) groups is 1. The number of sulfonamides is 1. The molecular formula is C16H27ClN4O3S2. The van der Waals surface area contributed by atoms with Gasteiger partial charge in [-0.05, 0) is 37.8 Å². The minimum Gasteiger partial charge on any atom is -0.386 e. The molecule has 1 heterocycles. The zero-order valence-electron chi connectivity index (χ0n) is 14.9. The first-order valence-electron chi connectivity index (χ1n) is 8.82. The summed E-state index contributed by atoms with van der Waals surface area (Å²) in [7, 11) is -3.29. The first-order valence-corrected chi connectivity index (χ1v) is 11.7. The third-order valence-electron chi connectivity index (χ3n) is 4.17. The van der Waals surface area contributed by atoms with Gasteiger partial charge in [-0.15, -0.1) is 11.3 Å². The molecule has 0 radical (unpaired) electrons. The average Bonchev–Trinajstić information content (AvgIpc) is 2.97. The zero-order chi connectivity index (χ0) is 19.0. The van der Waals surface area contributed by atoms with E-state index in [1.54, 1.807) is 12.1 Å². The highest BCUT2D eigenvalue weighted by Crippen LogP contribution is 2.27. The standard InChI is InChI=1S/C16H27ClN4O3S2/c1-2-18-16(20-11-13(22)14-6-7-15(17)25-14)19-8-9-26(23,24)21-10-12-4-3-5-12/h6-7,12-13,21-22H,2-5,8-11H2,1H3,(H2,18,19,20). The lowest BCUT2D eigenvalue weighted by molar-refractivity contribution is 0.191. The molecule has 1 unspecified atom stereocenters. The Kier molecular flexibility index (Phi) is 8.62. The number of guanidine groups is 1. The molecule has 0 saturated heterocycles. The van der Waals surface area contributed by atoms with Gasteiger partial charge in [0.1, 0.15) is 6.10 Å². The second-order valence-corrected chi connectivity index (χ2v) is 9.94. The fourth-order valence-electron chi connectivity index (χ4n) is 2.43. The van der Waals surface area contributed by atoms with Crippen molar-refractivity contribution < 1.29 is 13.5 Å². The molecule has 0 spiro atoms. The first-order chi connectivity index (χ1) is 12.4. The Hall–Kier alpha value is -0.870. The van der Waals surface area contributed by atoms with Crippen LogP contribution in [0.25, 0.3) is 0 Å². The minimum atomic E-state index is -3.29. The van der Waals surface area contributed by atoms with Crippen molar-refractivity contribution in [3.05, 3.63) is 21.3 Å². The van der Waals surface area contributed by atoms with Crippen molar-refractivity contribution in [1.82, 2.24) is 15.4 Å². The maximum atomic E-state index is 12.0. The van der Waals surface area contributed by atoms with Crippen LogP contribution in [0.15, 0.2) is 17.1 Å². The fraction of sp³-hybridized carbons (Fsp3) is 0.688. The molecule has 1 fully saturated rings. The van der Waals surface area contributed by atoms with E-state index in [1.165, 1.54) is 17.8 Å². The highest BCUT2D eigenvalue weighted by molar-refractivity contribution is 7.89. The number of aliphatic hydroxyl groups excluding tert-OH is 1. The Morgan fingerprint density at radius 3 is 2.77 bits per heavy atom. The SMILES string of the molecule is CCNC(=NCC(O)c1ccc(Cl)s1)NCCS(=O)(=O)NCC1CCC1. The highest BCUT2D eigenvalue weighted by atomic mass is 35.5. The monoisotopic (exact) mass is 422 g/mol. The first kappa shape index (κ1) is 21.4. The predicted octanol–water partition coefficient (Wildman–Crippen LogP) is 1.71. The summed E-state index contributed by atoms with van der Waals surface area (Å²) in [5.41, 5.74) is 0. The summed E-state index contributed by atoms with van der Waals surface area (Å²) < 4.78 is 27.3. The molecule has 2 rings (SSSR count). The number of thiophene rings is 1. The van der Waals surface area contributed by atoms with Crippen LogP contribution in [-0.2, 0) is 10.0 Å². The molecule has 1 aromatic heterocycles. The number of nitrogens with one attached hydrogen (secondary N) is 3. The number of aliphatic hydroxyl groups is 1. The van der Waals surface area contributed by atoms with Crippen LogP contribution < -0.4 is 15.4 Å². The van der Waals surface area contributed by atoms with E-state index in [0.29, 0.717) is 29.3 Å². The summed E-state index contributed by atoms with van der Waals surface area (Å²) >= 11 is 7.18. The van der Waals surface area contributed by atoms with Crippen LogP contribution in [0.5, 0.6) is 0 Å². The lowest BCUT2D eigenvalue weighted by Crippen LogP contribution is -2.42. The molecule has 26 heavy (non-hydrogen) atoms. The molecule has 1 aromatic rings. The van der Waals surface area contributed by atoms with Gasteiger partial charge in [-0.1, -0.05) is 18.0 Å². The Morgan fingerprint density at radius 2 is 2.19 bits per heavy atom. The lowest BCUT2D eigenvalue weighted by Gasteiger charge is -2.25.